The molecular formula is C8H13N5O3. The van der Waals surface area contributed by atoms with Crippen LogP contribution in [0.25, 0.3) is 0 Å². The van der Waals surface area contributed by atoms with Gasteiger partial charge in [0.15, 0.2) is 0 Å². The molecule has 0 unspecified atom stereocenters. The van der Waals surface area contributed by atoms with Crippen LogP contribution in [0.4, 0.5) is 0 Å². The average Bonchev–Trinajstić information content (AvgIpc) is 2.63. The Balaban J connectivity index is 2.78. The van der Waals surface area contributed by atoms with E-state index < -0.39 is 23.3 Å². The van der Waals surface area contributed by atoms with Crippen molar-refractivity contribution in [3.8, 4) is 0 Å². The minimum Gasteiger partial charge on any atom is -0.480 e. The lowest BCUT2D eigenvalue weighted by Crippen LogP contribution is -2.49. The van der Waals surface area contributed by atoms with E-state index in [1.54, 1.807) is 20.8 Å². The van der Waals surface area contributed by atoms with Gasteiger partial charge in [-0.3, -0.25) is 4.79 Å². The maximum Gasteiger partial charge on any atom is 0.326 e. The van der Waals surface area contributed by atoms with Gasteiger partial charge in [-0.1, -0.05) is 20.8 Å². The van der Waals surface area contributed by atoms with Gasteiger partial charge >= 0.3 is 5.97 Å². The Bertz CT molecular complexity index is 381. The van der Waals surface area contributed by atoms with Gasteiger partial charge in [-0.05, 0) is 10.6 Å². The summed E-state index contributed by atoms with van der Waals surface area (Å²) in [5.41, 5.74) is -0.606. The molecule has 16 heavy (non-hydrogen) atoms. The van der Waals surface area contributed by atoms with Crippen molar-refractivity contribution in [2.24, 2.45) is 5.41 Å². The van der Waals surface area contributed by atoms with E-state index in [9.17, 15) is 9.59 Å². The van der Waals surface area contributed by atoms with Crippen LogP contribution >= 0.6 is 0 Å². The number of rotatable bonds is 3. The fourth-order valence-electron chi connectivity index (χ4n) is 1.10. The molecule has 88 valence electrons. The van der Waals surface area contributed by atoms with Crippen LogP contribution < -0.4 is 5.32 Å². The molecule has 1 amide bonds. The van der Waals surface area contributed by atoms with Crippen molar-refractivity contribution in [2.45, 2.75) is 26.8 Å². The molecule has 1 atom stereocenters. The van der Waals surface area contributed by atoms with E-state index in [0.29, 0.717) is 0 Å². The van der Waals surface area contributed by atoms with E-state index in [1.165, 1.54) is 0 Å². The van der Waals surface area contributed by atoms with Crippen molar-refractivity contribution in [3.05, 3.63) is 5.82 Å². The molecule has 0 bridgehead atoms. The summed E-state index contributed by atoms with van der Waals surface area (Å²) < 4.78 is 0. The number of nitrogens with one attached hydrogen (secondary N) is 2. The maximum atomic E-state index is 11.5. The van der Waals surface area contributed by atoms with Crippen LogP contribution in [0.3, 0.4) is 0 Å². The summed E-state index contributed by atoms with van der Waals surface area (Å²) in [5, 5.41) is 23.6. The Kier molecular flexibility index (Phi) is 3.21. The highest BCUT2D eigenvalue weighted by atomic mass is 16.4. The highest BCUT2D eigenvalue weighted by Crippen LogP contribution is 2.19. The van der Waals surface area contributed by atoms with Gasteiger partial charge in [0.1, 0.15) is 6.04 Å². The molecule has 0 aromatic carbocycles. The molecule has 1 aromatic rings. The minimum absolute atomic E-state index is 0.185. The van der Waals surface area contributed by atoms with E-state index >= 15 is 0 Å². The summed E-state index contributed by atoms with van der Waals surface area (Å²) in [6.45, 7) is 5.13. The molecule has 1 rings (SSSR count). The maximum absolute atomic E-state index is 11.5. The van der Waals surface area contributed by atoms with Crippen LogP contribution in [0.2, 0.25) is 0 Å². The number of carbonyl (C=O) groups is 2. The molecule has 0 aliphatic carbocycles. The quantitative estimate of drug-likeness (QED) is 0.635. The molecule has 0 spiro atoms. The van der Waals surface area contributed by atoms with Gasteiger partial charge in [-0.25, -0.2) is 4.79 Å². The van der Waals surface area contributed by atoms with Gasteiger partial charge in [0.05, 0.1) is 0 Å². The molecule has 0 saturated carbocycles. The largest absolute Gasteiger partial charge is 0.480 e. The molecule has 3 N–H and O–H groups in total. The number of hydrogen-bond acceptors (Lipinski definition) is 5. The van der Waals surface area contributed by atoms with Crippen LogP contribution in [0, 0.1) is 5.41 Å². The number of aliphatic carboxylic acids is 1. The van der Waals surface area contributed by atoms with Crippen molar-refractivity contribution in [2.75, 3.05) is 0 Å². The lowest BCUT2D eigenvalue weighted by Gasteiger charge is -2.27. The first kappa shape index (κ1) is 12.1. The number of amides is 1. The summed E-state index contributed by atoms with van der Waals surface area (Å²) in [5.74, 6) is -1.96. The van der Waals surface area contributed by atoms with Crippen LogP contribution in [0.15, 0.2) is 0 Å². The van der Waals surface area contributed by atoms with E-state index in [-0.39, 0.29) is 5.82 Å². The fourth-order valence-corrected chi connectivity index (χ4v) is 1.10. The molecule has 0 aliphatic rings. The minimum atomic E-state index is -1.11. The van der Waals surface area contributed by atoms with Crippen molar-refractivity contribution >= 4 is 11.9 Å². The monoisotopic (exact) mass is 227 g/mol. The predicted octanol–water partition coefficient (Wildman–Crippen LogP) is -0.571. The van der Waals surface area contributed by atoms with Crippen molar-refractivity contribution in [1.29, 1.82) is 0 Å². The Hall–Kier alpha value is -1.99. The number of tetrazole rings is 1. The van der Waals surface area contributed by atoms with E-state index in [0.717, 1.165) is 0 Å². The molecule has 0 radical (unpaired) electrons. The smallest absolute Gasteiger partial charge is 0.326 e. The van der Waals surface area contributed by atoms with E-state index in [4.69, 9.17) is 5.11 Å². The zero-order chi connectivity index (χ0) is 12.3. The standard InChI is InChI=1S/C8H13N5O3/c1-8(2,3)4(7(15)16)9-6(14)5-10-12-13-11-5/h4H,1-3H3,(H,9,14)(H,15,16)(H,10,11,12,13)/t4-/m1/s1. The SMILES string of the molecule is CC(C)(C)[C@H](NC(=O)c1nn[nH]n1)C(=O)O. The Morgan fingerprint density at radius 1 is 1.44 bits per heavy atom. The number of carboxylic acid groups (broad SMARTS) is 1. The summed E-state index contributed by atoms with van der Waals surface area (Å²) >= 11 is 0. The molecule has 0 fully saturated rings. The van der Waals surface area contributed by atoms with Crippen molar-refractivity contribution in [1.82, 2.24) is 25.9 Å². The third-order valence-electron chi connectivity index (χ3n) is 1.94. The second-order valence-corrected chi connectivity index (χ2v) is 4.35. The molecule has 8 heteroatoms. The first-order chi connectivity index (χ1) is 7.32. The Labute approximate surface area is 91.4 Å². The third-order valence-corrected chi connectivity index (χ3v) is 1.94. The zero-order valence-corrected chi connectivity index (χ0v) is 9.18. The van der Waals surface area contributed by atoms with Gasteiger partial charge < -0.3 is 10.4 Å². The van der Waals surface area contributed by atoms with Crippen molar-refractivity contribution < 1.29 is 14.7 Å². The van der Waals surface area contributed by atoms with Crippen LogP contribution in [-0.2, 0) is 4.79 Å². The number of aromatic amines is 1. The van der Waals surface area contributed by atoms with Crippen LogP contribution in [0.1, 0.15) is 31.4 Å². The molecule has 1 aromatic heterocycles. The number of carboxylic acids is 1. The molecular weight excluding hydrogens is 214 g/mol. The first-order valence-corrected chi connectivity index (χ1v) is 4.59. The normalized spacial score (nSPS) is 13.2. The topological polar surface area (TPSA) is 121 Å². The van der Waals surface area contributed by atoms with E-state index in [2.05, 4.69) is 25.9 Å². The number of H-pyrrole nitrogens is 1. The highest BCUT2D eigenvalue weighted by Gasteiger charge is 2.33. The molecule has 8 nitrogen and oxygen atoms in total. The summed E-state index contributed by atoms with van der Waals surface area (Å²) in [7, 11) is 0. The fraction of sp³-hybridized carbons (Fsp3) is 0.625. The molecule has 0 aliphatic heterocycles. The van der Waals surface area contributed by atoms with Crippen LogP contribution in [-0.4, -0.2) is 43.6 Å². The lowest BCUT2D eigenvalue weighted by atomic mass is 9.87. The zero-order valence-electron chi connectivity index (χ0n) is 9.18. The van der Waals surface area contributed by atoms with Crippen molar-refractivity contribution in [3.63, 3.8) is 0 Å². The number of carbonyl (C=O) groups excluding carboxylic acids is 1. The summed E-state index contributed by atoms with van der Waals surface area (Å²) in [4.78, 5) is 22.5. The first-order valence-electron chi connectivity index (χ1n) is 4.59. The van der Waals surface area contributed by atoms with E-state index in [1.807, 2.05) is 0 Å². The molecule has 1 heterocycles. The highest BCUT2D eigenvalue weighted by molar-refractivity contribution is 5.93. The lowest BCUT2D eigenvalue weighted by molar-refractivity contribution is -0.142. The third kappa shape index (κ3) is 2.75. The second kappa shape index (κ2) is 4.25. The second-order valence-electron chi connectivity index (χ2n) is 4.35. The summed E-state index contributed by atoms with van der Waals surface area (Å²) in [6, 6.07) is -1.02. The van der Waals surface area contributed by atoms with Gasteiger partial charge in [0, 0.05) is 0 Å². The Morgan fingerprint density at radius 3 is 2.44 bits per heavy atom. The van der Waals surface area contributed by atoms with Gasteiger partial charge in [-0.2, -0.15) is 5.21 Å². The number of aromatic nitrogens is 4. The number of hydrogen-bond donors (Lipinski definition) is 3. The molecule has 0 saturated heterocycles. The predicted molar refractivity (Wildman–Crippen MR) is 52.5 cm³/mol. The van der Waals surface area contributed by atoms with Gasteiger partial charge in [0.2, 0.25) is 0 Å². The van der Waals surface area contributed by atoms with Gasteiger partial charge in [0.25, 0.3) is 11.7 Å². The average molecular weight is 227 g/mol. The summed E-state index contributed by atoms with van der Waals surface area (Å²) in [6.07, 6.45) is 0. The number of nitrogens with zero attached hydrogens (tertiary/aromatic N) is 3. The Morgan fingerprint density at radius 2 is 2.06 bits per heavy atom. The van der Waals surface area contributed by atoms with Gasteiger partial charge in [-0.15, -0.1) is 10.2 Å². The van der Waals surface area contributed by atoms with Crippen LogP contribution in [0.5, 0.6) is 0 Å².